The predicted octanol–water partition coefficient (Wildman–Crippen LogP) is 1.91. The molecule has 0 spiro atoms. The zero-order chi connectivity index (χ0) is 14.1. The Hall–Kier alpha value is -2.63. The molecule has 0 unspecified atom stereocenters. The number of fused-ring (bicyclic) bond motifs is 1. The molecule has 6 heteroatoms. The molecule has 1 N–H and O–H groups in total. The minimum atomic E-state index is -0.821. The number of aryl methyl sites for hydroxylation is 2. The van der Waals surface area contributed by atoms with Crippen LogP contribution in [0.15, 0.2) is 36.5 Å². The smallest absolute Gasteiger partial charge is 0.305 e. The molecule has 3 rings (SSSR count). The van der Waals surface area contributed by atoms with E-state index in [-0.39, 0.29) is 6.42 Å². The molecule has 0 aliphatic heterocycles. The van der Waals surface area contributed by atoms with Crippen molar-refractivity contribution in [3.63, 3.8) is 0 Å². The Labute approximate surface area is 115 Å². The number of nitrogens with zero attached hydrogens (tertiary/aromatic N) is 4. The molecule has 102 valence electrons. The molecule has 0 saturated heterocycles. The number of aromatic nitrogens is 4. The van der Waals surface area contributed by atoms with Crippen molar-refractivity contribution in [3.05, 3.63) is 36.5 Å². The molecule has 2 aromatic heterocycles. The molecule has 1 aromatic carbocycles. The predicted molar refractivity (Wildman–Crippen MR) is 74.2 cm³/mol. The summed E-state index contributed by atoms with van der Waals surface area (Å²) in [5.74, 6) is -0.0776. The van der Waals surface area contributed by atoms with Crippen LogP contribution in [0.4, 0.5) is 0 Å². The molecule has 0 atom stereocenters. The molecule has 3 aromatic rings. The van der Waals surface area contributed by atoms with Crippen molar-refractivity contribution in [2.45, 2.75) is 13.0 Å². The molecule has 0 radical (unpaired) electrons. The van der Waals surface area contributed by atoms with Gasteiger partial charge in [0.15, 0.2) is 5.82 Å². The first kappa shape index (κ1) is 12.4. The molecule has 2 heterocycles. The van der Waals surface area contributed by atoms with Crippen molar-refractivity contribution in [2.75, 3.05) is 0 Å². The van der Waals surface area contributed by atoms with E-state index >= 15 is 0 Å². The Morgan fingerprint density at radius 2 is 2.10 bits per heavy atom. The Bertz CT molecular complexity index is 772. The summed E-state index contributed by atoms with van der Waals surface area (Å²) in [6.45, 7) is 0.385. The maximum absolute atomic E-state index is 10.8. The number of benzene rings is 1. The van der Waals surface area contributed by atoms with Gasteiger partial charge in [-0.2, -0.15) is 5.10 Å². The summed E-state index contributed by atoms with van der Waals surface area (Å²) >= 11 is 0. The van der Waals surface area contributed by atoms with Crippen LogP contribution in [0.1, 0.15) is 6.42 Å². The van der Waals surface area contributed by atoms with Crippen LogP contribution in [0.25, 0.3) is 22.6 Å². The number of carboxylic acid groups (broad SMARTS) is 1. The molecule has 0 amide bonds. The number of carboxylic acids is 1. The summed E-state index contributed by atoms with van der Waals surface area (Å²) in [5, 5.41) is 13.1. The van der Waals surface area contributed by atoms with Gasteiger partial charge in [0.05, 0.1) is 17.5 Å². The second kappa shape index (κ2) is 4.80. The van der Waals surface area contributed by atoms with Crippen molar-refractivity contribution in [3.8, 4) is 11.5 Å². The highest BCUT2D eigenvalue weighted by Gasteiger charge is 2.15. The number of imidazole rings is 1. The first-order chi connectivity index (χ1) is 9.66. The van der Waals surface area contributed by atoms with E-state index in [9.17, 15) is 4.79 Å². The Morgan fingerprint density at radius 1 is 1.30 bits per heavy atom. The molecular weight excluding hydrogens is 256 g/mol. The largest absolute Gasteiger partial charge is 0.481 e. The summed E-state index contributed by atoms with van der Waals surface area (Å²) in [7, 11) is 1.84. The fourth-order valence-corrected chi connectivity index (χ4v) is 2.30. The normalized spacial score (nSPS) is 11.1. The molecular formula is C14H14N4O2. The fourth-order valence-electron chi connectivity index (χ4n) is 2.30. The van der Waals surface area contributed by atoms with Gasteiger partial charge in [-0.15, -0.1) is 0 Å². The van der Waals surface area contributed by atoms with E-state index in [1.54, 1.807) is 10.9 Å². The average Bonchev–Trinajstić information content (AvgIpc) is 2.99. The van der Waals surface area contributed by atoms with Gasteiger partial charge in [-0.25, -0.2) is 4.98 Å². The van der Waals surface area contributed by atoms with E-state index in [2.05, 4.69) is 10.1 Å². The van der Waals surface area contributed by atoms with Crippen molar-refractivity contribution in [1.82, 2.24) is 19.3 Å². The van der Waals surface area contributed by atoms with Crippen molar-refractivity contribution < 1.29 is 9.90 Å². The Balaban J connectivity index is 2.17. The van der Waals surface area contributed by atoms with Crippen LogP contribution in [0.3, 0.4) is 0 Å². The topological polar surface area (TPSA) is 72.9 Å². The summed E-state index contributed by atoms with van der Waals surface area (Å²) < 4.78 is 3.67. The number of hydrogen-bond acceptors (Lipinski definition) is 3. The fraction of sp³-hybridized carbons (Fsp3) is 0.214. The zero-order valence-electron chi connectivity index (χ0n) is 11.0. The van der Waals surface area contributed by atoms with E-state index < -0.39 is 5.97 Å². The number of para-hydroxylation sites is 2. The lowest BCUT2D eigenvalue weighted by atomic mass is 10.3. The van der Waals surface area contributed by atoms with Gasteiger partial charge in [0.25, 0.3) is 0 Å². The van der Waals surface area contributed by atoms with E-state index in [1.807, 2.05) is 41.9 Å². The van der Waals surface area contributed by atoms with Gasteiger partial charge in [0.2, 0.25) is 0 Å². The summed E-state index contributed by atoms with van der Waals surface area (Å²) in [6.07, 6.45) is 1.77. The maximum Gasteiger partial charge on any atom is 0.305 e. The van der Waals surface area contributed by atoms with Crippen LogP contribution in [0.2, 0.25) is 0 Å². The molecule has 6 nitrogen and oxygen atoms in total. The summed E-state index contributed by atoms with van der Waals surface area (Å²) in [4.78, 5) is 15.4. The van der Waals surface area contributed by atoms with Crippen LogP contribution in [0, 0.1) is 0 Å². The molecule has 20 heavy (non-hydrogen) atoms. The van der Waals surface area contributed by atoms with Gasteiger partial charge in [0, 0.05) is 19.8 Å². The van der Waals surface area contributed by atoms with Gasteiger partial charge < -0.3 is 9.67 Å². The highest BCUT2D eigenvalue weighted by molar-refractivity contribution is 5.80. The van der Waals surface area contributed by atoms with Crippen LogP contribution in [0.5, 0.6) is 0 Å². The van der Waals surface area contributed by atoms with Crippen molar-refractivity contribution in [1.29, 1.82) is 0 Å². The maximum atomic E-state index is 10.8. The molecule has 0 aliphatic rings. The SMILES string of the molecule is Cn1nccc1-c1nc2ccccc2n1CCC(=O)O. The highest BCUT2D eigenvalue weighted by atomic mass is 16.4. The van der Waals surface area contributed by atoms with Crippen molar-refractivity contribution in [2.24, 2.45) is 7.05 Å². The number of hydrogen-bond donors (Lipinski definition) is 1. The third-order valence-corrected chi connectivity index (χ3v) is 3.25. The van der Waals surface area contributed by atoms with Crippen LogP contribution >= 0.6 is 0 Å². The minimum Gasteiger partial charge on any atom is -0.481 e. The first-order valence-corrected chi connectivity index (χ1v) is 6.32. The minimum absolute atomic E-state index is 0.0607. The van der Waals surface area contributed by atoms with E-state index in [4.69, 9.17) is 5.11 Å². The Morgan fingerprint density at radius 3 is 2.80 bits per heavy atom. The standard InChI is InChI=1S/C14H14N4O2/c1-17-12(6-8-15-17)14-16-10-4-2-3-5-11(10)18(14)9-7-13(19)20/h2-6,8H,7,9H2,1H3,(H,19,20). The van der Waals surface area contributed by atoms with Gasteiger partial charge >= 0.3 is 5.97 Å². The second-order valence-electron chi connectivity index (χ2n) is 4.56. The van der Waals surface area contributed by atoms with Gasteiger partial charge in [0.1, 0.15) is 5.69 Å². The lowest BCUT2D eigenvalue weighted by molar-refractivity contribution is -0.137. The third-order valence-electron chi connectivity index (χ3n) is 3.25. The number of rotatable bonds is 4. The first-order valence-electron chi connectivity index (χ1n) is 6.32. The summed E-state index contributed by atoms with van der Waals surface area (Å²) in [5.41, 5.74) is 2.66. The van der Waals surface area contributed by atoms with E-state index in [0.717, 1.165) is 22.6 Å². The van der Waals surface area contributed by atoms with Crippen molar-refractivity contribution >= 4 is 17.0 Å². The average molecular weight is 270 g/mol. The Kier molecular flexibility index (Phi) is 2.98. The van der Waals surface area contributed by atoms with Crippen LogP contribution in [-0.2, 0) is 18.4 Å². The monoisotopic (exact) mass is 270 g/mol. The zero-order valence-corrected chi connectivity index (χ0v) is 11.0. The quantitative estimate of drug-likeness (QED) is 0.786. The van der Waals surface area contributed by atoms with E-state index in [0.29, 0.717) is 6.54 Å². The number of carbonyl (C=O) groups is 1. The molecule has 0 aliphatic carbocycles. The van der Waals surface area contributed by atoms with Crippen LogP contribution in [-0.4, -0.2) is 30.4 Å². The lowest BCUT2D eigenvalue weighted by Crippen LogP contribution is -2.07. The lowest BCUT2D eigenvalue weighted by Gasteiger charge is -2.07. The molecule has 0 fully saturated rings. The van der Waals surface area contributed by atoms with Gasteiger partial charge in [-0.05, 0) is 18.2 Å². The van der Waals surface area contributed by atoms with E-state index in [1.165, 1.54) is 0 Å². The van der Waals surface area contributed by atoms with Gasteiger partial charge in [-0.1, -0.05) is 12.1 Å². The highest BCUT2D eigenvalue weighted by Crippen LogP contribution is 2.24. The third kappa shape index (κ3) is 2.05. The van der Waals surface area contributed by atoms with Crippen LogP contribution < -0.4 is 0 Å². The molecule has 0 bridgehead atoms. The second-order valence-corrected chi connectivity index (χ2v) is 4.56. The number of aliphatic carboxylic acids is 1. The molecule has 0 saturated carbocycles. The summed E-state index contributed by atoms with van der Waals surface area (Å²) in [6, 6.07) is 9.59. The van der Waals surface area contributed by atoms with Gasteiger partial charge in [-0.3, -0.25) is 9.48 Å².